The van der Waals surface area contributed by atoms with E-state index < -0.39 is 42.3 Å². The predicted molar refractivity (Wildman–Crippen MR) is 119 cm³/mol. The minimum absolute atomic E-state index is 0.0716. The third-order valence-electron chi connectivity index (χ3n) is 4.95. The van der Waals surface area contributed by atoms with Crippen molar-refractivity contribution in [1.82, 2.24) is 9.55 Å². The molecule has 0 saturated carbocycles. The van der Waals surface area contributed by atoms with Crippen molar-refractivity contribution in [1.29, 1.82) is 0 Å². The van der Waals surface area contributed by atoms with Gasteiger partial charge in [0.25, 0.3) is 5.72 Å². The first-order chi connectivity index (χ1) is 15.3. The molecule has 2 aromatic rings. The molecule has 0 spiro atoms. The van der Waals surface area contributed by atoms with Gasteiger partial charge >= 0.3 is 11.7 Å². The van der Waals surface area contributed by atoms with Crippen LogP contribution in [0.4, 0.5) is 5.82 Å². The second-order valence-electron chi connectivity index (χ2n) is 7.13. The Hall–Kier alpha value is -2.10. The Morgan fingerprint density at radius 3 is 2.66 bits per heavy atom. The van der Waals surface area contributed by atoms with Crippen molar-refractivity contribution < 1.29 is 34.3 Å². The lowest BCUT2D eigenvalue weighted by molar-refractivity contribution is -0.202. The third-order valence-corrected chi connectivity index (χ3v) is 5.78. The maximum absolute atomic E-state index is 13.0. The number of aromatic nitrogens is 2. The minimum atomic E-state index is -2.44. The highest BCUT2D eigenvalue weighted by molar-refractivity contribution is 14.1. The first-order valence-corrected chi connectivity index (χ1v) is 10.9. The van der Waals surface area contributed by atoms with Crippen LogP contribution in [0.1, 0.15) is 12.0 Å². The Balaban J connectivity index is 1.71. The second-order valence-corrected chi connectivity index (χ2v) is 8.29. The molecule has 1 aliphatic rings. The molecule has 12 heteroatoms. The molecule has 1 saturated heterocycles. The van der Waals surface area contributed by atoms with E-state index in [1.54, 1.807) is 22.6 Å². The van der Waals surface area contributed by atoms with Crippen LogP contribution in [0.25, 0.3) is 0 Å². The van der Waals surface area contributed by atoms with Gasteiger partial charge in [-0.05, 0) is 28.2 Å². The van der Waals surface area contributed by atoms with E-state index in [-0.39, 0.29) is 12.4 Å². The quantitative estimate of drug-likeness (QED) is 0.176. The van der Waals surface area contributed by atoms with Crippen LogP contribution in [0.5, 0.6) is 0 Å². The molecule has 4 atom stereocenters. The number of aliphatic hydroxyl groups is 3. The summed E-state index contributed by atoms with van der Waals surface area (Å²) in [6.07, 6.45) is -3.37. The summed E-state index contributed by atoms with van der Waals surface area (Å²) >= 11 is 1.79. The summed E-state index contributed by atoms with van der Waals surface area (Å²) in [4.78, 5) is 29.1. The van der Waals surface area contributed by atoms with Gasteiger partial charge in [0.2, 0.25) is 0 Å². The van der Waals surface area contributed by atoms with Gasteiger partial charge in [0.05, 0.1) is 30.0 Å². The van der Waals surface area contributed by atoms with E-state index in [1.807, 2.05) is 30.3 Å². The second kappa shape index (κ2) is 10.7. The Labute approximate surface area is 196 Å². The number of rotatable bonds is 9. The van der Waals surface area contributed by atoms with Crippen LogP contribution in [0.2, 0.25) is 0 Å². The molecule has 0 amide bonds. The molecule has 1 fully saturated rings. The standard InChI is InChI=1S/C20H24IN3O8/c21-13-9-24(19(29)23-17(13)22)20(16(27)15(26)14(10-25)32-20)18(28)31-8-4-7-30-11-12-5-2-1-3-6-12/h1-3,5-6,9,14-16,25-27H,4,7-8,10-11H2,(H2,22,23,29)/t14-,15-,16-,20+/m1/s1. The molecule has 174 valence electrons. The summed E-state index contributed by atoms with van der Waals surface area (Å²) in [5.74, 6) is -1.19. The predicted octanol–water partition coefficient (Wildman–Crippen LogP) is -0.654. The zero-order valence-corrected chi connectivity index (χ0v) is 19.1. The van der Waals surface area contributed by atoms with E-state index in [0.29, 0.717) is 23.2 Å². The fraction of sp³-hybridized carbons (Fsp3) is 0.450. The number of benzene rings is 1. The average molecular weight is 561 g/mol. The number of hydrogen-bond acceptors (Lipinski definition) is 10. The lowest BCUT2D eigenvalue weighted by Gasteiger charge is -2.31. The van der Waals surface area contributed by atoms with Crippen molar-refractivity contribution >= 4 is 34.4 Å². The summed E-state index contributed by atoms with van der Waals surface area (Å²) in [5.41, 5.74) is 3.21. The van der Waals surface area contributed by atoms with Crippen LogP contribution in [-0.2, 0) is 31.3 Å². The molecule has 32 heavy (non-hydrogen) atoms. The number of nitrogens with two attached hydrogens (primary N) is 1. The number of hydrogen-bond donors (Lipinski definition) is 4. The largest absolute Gasteiger partial charge is 0.462 e. The number of esters is 1. The number of halogens is 1. The monoisotopic (exact) mass is 561 g/mol. The van der Waals surface area contributed by atoms with Gasteiger partial charge in [-0.25, -0.2) is 9.59 Å². The normalized spacial score (nSPS) is 25.1. The summed E-state index contributed by atoms with van der Waals surface area (Å²) in [6.45, 7) is -0.105. The summed E-state index contributed by atoms with van der Waals surface area (Å²) in [7, 11) is 0. The molecule has 1 aliphatic heterocycles. The first-order valence-electron chi connectivity index (χ1n) is 9.80. The van der Waals surface area contributed by atoms with Gasteiger partial charge in [0.15, 0.2) is 0 Å². The molecule has 0 radical (unpaired) electrons. The average Bonchev–Trinajstić information content (AvgIpc) is 3.05. The van der Waals surface area contributed by atoms with Gasteiger partial charge in [-0.15, -0.1) is 0 Å². The summed E-state index contributed by atoms with van der Waals surface area (Å²) in [5, 5.41) is 30.4. The van der Waals surface area contributed by atoms with Gasteiger partial charge in [-0.1, -0.05) is 30.3 Å². The van der Waals surface area contributed by atoms with Crippen LogP contribution < -0.4 is 11.4 Å². The highest BCUT2D eigenvalue weighted by Crippen LogP contribution is 2.36. The van der Waals surface area contributed by atoms with E-state index in [0.717, 1.165) is 10.1 Å². The molecular formula is C20H24IN3O8. The van der Waals surface area contributed by atoms with Gasteiger partial charge in [0.1, 0.15) is 24.1 Å². The van der Waals surface area contributed by atoms with Crippen molar-refractivity contribution in [2.75, 3.05) is 25.6 Å². The zero-order chi connectivity index (χ0) is 23.3. The number of aliphatic hydroxyl groups excluding tert-OH is 3. The number of anilines is 1. The fourth-order valence-electron chi connectivity index (χ4n) is 3.29. The maximum atomic E-state index is 13.0. The molecule has 2 heterocycles. The van der Waals surface area contributed by atoms with E-state index >= 15 is 0 Å². The molecule has 0 bridgehead atoms. The lowest BCUT2D eigenvalue weighted by atomic mass is 10.0. The molecule has 1 aromatic heterocycles. The molecule has 3 rings (SSSR count). The van der Waals surface area contributed by atoms with Gasteiger partial charge in [0, 0.05) is 12.6 Å². The Kier molecular flexibility index (Phi) is 8.19. The van der Waals surface area contributed by atoms with Gasteiger partial charge in [-0.2, -0.15) is 4.98 Å². The maximum Gasteiger partial charge on any atom is 0.363 e. The first kappa shape index (κ1) is 24.5. The van der Waals surface area contributed by atoms with Gasteiger partial charge < -0.3 is 35.3 Å². The number of carbonyl (C=O) groups excluding carboxylic acids is 1. The zero-order valence-electron chi connectivity index (χ0n) is 17.0. The highest BCUT2D eigenvalue weighted by atomic mass is 127. The smallest absolute Gasteiger partial charge is 0.363 e. The molecule has 5 N–H and O–H groups in total. The Bertz CT molecular complexity index is 989. The topological polar surface area (TPSA) is 166 Å². The van der Waals surface area contributed by atoms with Crippen LogP contribution in [-0.4, -0.2) is 69.0 Å². The van der Waals surface area contributed by atoms with Crippen molar-refractivity contribution in [3.8, 4) is 0 Å². The molecule has 11 nitrogen and oxygen atoms in total. The molecule has 1 aromatic carbocycles. The Morgan fingerprint density at radius 1 is 1.28 bits per heavy atom. The molecular weight excluding hydrogens is 537 g/mol. The summed E-state index contributed by atoms with van der Waals surface area (Å²) in [6, 6.07) is 9.54. The van der Waals surface area contributed by atoms with E-state index in [2.05, 4.69) is 4.98 Å². The van der Waals surface area contributed by atoms with E-state index in [9.17, 15) is 24.9 Å². The third kappa shape index (κ3) is 4.94. The van der Waals surface area contributed by atoms with Crippen molar-refractivity contribution in [3.63, 3.8) is 0 Å². The van der Waals surface area contributed by atoms with Crippen LogP contribution >= 0.6 is 22.6 Å². The van der Waals surface area contributed by atoms with Crippen LogP contribution in [0, 0.1) is 3.57 Å². The highest BCUT2D eigenvalue weighted by Gasteiger charge is 2.62. The number of nitrogens with zero attached hydrogens (tertiary/aromatic N) is 2. The number of nitrogen functional groups attached to an aromatic ring is 1. The van der Waals surface area contributed by atoms with Gasteiger partial charge in [-0.3, -0.25) is 4.57 Å². The van der Waals surface area contributed by atoms with E-state index in [4.69, 9.17) is 19.9 Å². The SMILES string of the molecule is Nc1nc(=O)n([C@]2(C(=O)OCCCOCc3ccccc3)O[C@H](CO)[C@@H](O)[C@H]2O)cc1I. The summed E-state index contributed by atoms with van der Waals surface area (Å²) < 4.78 is 17.3. The van der Waals surface area contributed by atoms with Crippen LogP contribution in [0.15, 0.2) is 41.3 Å². The number of ether oxygens (including phenoxy) is 3. The fourth-order valence-corrected chi connectivity index (χ4v) is 3.69. The van der Waals surface area contributed by atoms with Crippen molar-refractivity contribution in [2.24, 2.45) is 0 Å². The Morgan fingerprint density at radius 2 is 2.00 bits per heavy atom. The van der Waals surface area contributed by atoms with Crippen LogP contribution in [0.3, 0.4) is 0 Å². The molecule has 0 aliphatic carbocycles. The van der Waals surface area contributed by atoms with E-state index in [1.165, 1.54) is 6.20 Å². The number of carbonyl (C=O) groups is 1. The van der Waals surface area contributed by atoms with Crippen molar-refractivity contribution in [2.45, 2.75) is 37.1 Å². The lowest BCUT2D eigenvalue weighted by Crippen LogP contribution is -2.56. The molecule has 0 unspecified atom stereocenters. The van der Waals surface area contributed by atoms with Crippen molar-refractivity contribution in [3.05, 3.63) is 56.1 Å². The minimum Gasteiger partial charge on any atom is -0.462 e.